The summed E-state index contributed by atoms with van der Waals surface area (Å²) in [5, 5.41) is 2.74. The molecule has 1 saturated heterocycles. The molecule has 1 atom stereocenters. The van der Waals surface area contributed by atoms with Gasteiger partial charge in [0, 0.05) is 43.1 Å². The molecule has 0 unspecified atom stereocenters. The number of hydrogen-bond donors (Lipinski definition) is 1. The lowest BCUT2D eigenvalue weighted by atomic mass is 10.1. The van der Waals surface area contributed by atoms with Crippen molar-refractivity contribution in [3.8, 4) is 0 Å². The summed E-state index contributed by atoms with van der Waals surface area (Å²) in [7, 11) is 0. The van der Waals surface area contributed by atoms with Crippen molar-refractivity contribution >= 4 is 11.8 Å². The van der Waals surface area contributed by atoms with Gasteiger partial charge in [-0.15, -0.1) is 0 Å². The molecule has 120 valence electrons. The van der Waals surface area contributed by atoms with Crippen molar-refractivity contribution < 1.29 is 14.0 Å². The first-order valence-electron chi connectivity index (χ1n) is 7.37. The second kappa shape index (κ2) is 5.94. The van der Waals surface area contributed by atoms with E-state index in [-0.39, 0.29) is 28.6 Å². The monoisotopic (exact) mass is 306 g/mol. The molecule has 1 fully saturated rings. The first-order chi connectivity index (χ1) is 10.2. The molecular weight excluding hydrogens is 284 g/mol. The fraction of sp³-hybridized carbons (Fsp3) is 0.562. The van der Waals surface area contributed by atoms with E-state index in [0.717, 1.165) is 0 Å². The molecule has 0 aromatic carbocycles. The third kappa shape index (κ3) is 3.75. The highest BCUT2D eigenvalue weighted by Gasteiger charge is 2.36. The zero-order valence-corrected chi connectivity index (χ0v) is 13.4. The number of hydrogen-bond acceptors (Lipinski definition) is 4. The standard InChI is InChI=1S/C16H22N2O4/c1-10-5-12(19)7-13(22-10)15(21)17-8-11-6-14(20)18(9-11)16(2,3)4/h5,7,11H,6,8-9H2,1-4H3,(H,17,21)/t11-/m1/s1. The highest BCUT2D eigenvalue weighted by molar-refractivity contribution is 5.91. The molecule has 22 heavy (non-hydrogen) atoms. The van der Waals surface area contributed by atoms with Crippen molar-refractivity contribution in [1.82, 2.24) is 10.2 Å². The molecule has 1 N–H and O–H groups in total. The fourth-order valence-corrected chi connectivity index (χ4v) is 2.61. The van der Waals surface area contributed by atoms with Crippen LogP contribution in [0.2, 0.25) is 0 Å². The molecule has 0 aliphatic carbocycles. The Balaban J connectivity index is 1.95. The van der Waals surface area contributed by atoms with Crippen LogP contribution in [0.15, 0.2) is 21.3 Å². The summed E-state index contributed by atoms with van der Waals surface area (Å²) >= 11 is 0. The van der Waals surface area contributed by atoms with E-state index in [4.69, 9.17) is 4.42 Å². The zero-order chi connectivity index (χ0) is 16.5. The number of carbonyl (C=O) groups excluding carboxylic acids is 2. The normalized spacial score (nSPS) is 18.6. The van der Waals surface area contributed by atoms with E-state index >= 15 is 0 Å². The van der Waals surface area contributed by atoms with Gasteiger partial charge in [0.1, 0.15) is 5.76 Å². The Labute approximate surface area is 129 Å². The molecule has 1 aliphatic heterocycles. The Morgan fingerprint density at radius 3 is 2.59 bits per heavy atom. The minimum Gasteiger partial charge on any atom is -0.456 e. The Hall–Kier alpha value is -2.11. The summed E-state index contributed by atoms with van der Waals surface area (Å²) in [6, 6.07) is 2.50. The molecule has 0 spiro atoms. The van der Waals surface area contributed by atoms with Crippen molar-refractivity contribution in [3.05, 3.63) is 33.9 Å². The van der Waals surface area contributed by atoms with Gasteiger partial charge in [-0.05, 0) is 27.7 Å². The Bertz CT molecular complexity index is 642. The average molecular weight is 306 g/mol. The first kappa shape index (κ1) is 16.3. The molecule has 6 nitrogen and oxygen atoms in total. The Kier molecular flexibility index (Phi) is 4.39. The molecule has 0 radical (unpaired) electrons. The summed E-state index contributed by atoms with van der Waals surface area (Å²) in [5.41, 5.74) is -0.469. The van der Waals surface area contributed by atoms with Crippen LogP contribution < -0.4 is 10.7 Å². The van der Waals surface area contributed by atoms with Crippen LogP contribution in [0.1, 0.15) is 43.5 Å². The van der Waals surface area contributed by atoms with Crippen molar-refractivity contribution in [3.63, 3.8) is 0 Å². The van der Waals surface area contributed by atoms with Crippen LogP contribution in [-0.2, 0) is 4.79 Å². The minimum atomic E-state index is -0.428. The van der Waals surface area contributed by atoms with Gasteiger partial charge in [0.25, 0.3) is 5.91 Å². The Morgan fingerprint density at radius 1 is 1.36 bits per heavy atom. The van der Waals surface area contributed by atoms with E-state index in [1.165, 1.54) is 12.1 Å². The van der Waals surface area contributed by atoms with E-state index in [1.807, 2.05) is 25.7 Å². The number of rotatable bonds is 3. The van der Waals surface area contributed by atoms with Crippen LogP contribution >= 0.6 is 0 Å². The maximum Gasteiger partial charge on any atom is 0.287 e. The SMILES string of the molecule is Cc1cc(=O)cc(C(=O)NC[C@H]2CC(=O)N(C(C)(C)C)C2)o1. The average Bonchev–Trinajstić information content (AvgIpc) is 2.76. The maximum absolute atomic E-state index is 12.0. The van der Waals surface area contributed by atoms with Crippen molar-refractivity contribution in [1.29, 1.82) is 0 Å². The summed E-state index contributed by atoms with van der Waals surface area (Å²) in [6.07, 6.45) is 0.426. The fourth-order valence-electron chi connectivity index (χ4n) is 2.61. The van der Waals surface area contributed by atoms with Gasteiger partial charge in [0.05, 0.1) is 0 Å². The van der Waals surface area contributed by atoms with E-state index in [1.54, 1.807) is 6.92 Å². The number of likely N-dealkylation sites (tertiary alicyclic amines) is 1. The quantitative estimate of drug-likeness (QED) is 0.913. The first-order valence-corrected chi connectivity index (χ1v) is 7.37. The molecule has 0 bridgehead atoms. The lowest BCUT2D eigenvalue weighted by Gasteiger charge is -2.32. The summed E-state index contributed by atoms with van der Waals surface area (Å²) in [4.78, 5) is 37.2. The Morgan fingerprint density at radius 2 is 2.05 bits per heavy atom. The second-order valence-electron chi connectivity index (χ2n) is 6.72. The molecular formula is C16H22N2O4. The van der Waals surface area contributed by atoms with Crippen LogP contribution in [0.4, 0.5) is 0 Å². The van der Waals surface area contributed by atoms with Crippen LogP contribution in [0.25, 0.3) is 0 Å². The largest absolute Gasteiger partial charge is 0.456 e. The lowest BCUT2D eigenvalue weighted by Crippen LogP contribution is -2.42. The summed E-state index contributed by atoms with van der Waals surface area (Å²) in [5.74, 6) is 0.151. The molecule has 6 heteroatoms. The summed E-state index contributed by atoms with van der Waals surface area (Å²) in [6.45, 7) is 8.61. The van der Waals surface area contributed by atoms with Gasteiger partial charge < -0.3 is 14.6 Å². The van der Waals surface area contributed by atoms with E-state index in [9.17, 15) is 14.4 Å². The van der Waals surface area contributed by atoms with Crippen LogP contribution in [0, 0.1) is 12.8 Å². The predicted molar refractivity (Wildman–Crippen MR) is 81.6 cm³/mol. The highest BCUT2D eigenvalue weighted by atomic mass is 16.3. The van der Waals surface area contributed by atoms with E-state index in [0.29, 0.717) is 25.3 Å². The van der Waals surface area contributed by atoms with E-state index < -0.39 is 5.91 Å². The van der Waals surface area contributed by atoms with Gasteiger partial charge in [-0.25, -0.2) is 0 Å². The smallest absolute Gasteiger partial charge is 0.287 e. The van der Waals surface area contributed by atoms with Crippen LogP contribution in [-0.4, -0.2) is 35.3 Å². The van der Waals surface area contributed by atoms with Gasteiger partial charge in [0.2, 0.25) is 5.91 Å². The minimum absolute atomic E-state index is 0.00185. The molecule has 1 aliphatic rings. The third-order valence-electron chi connectivity index (χ3n) is 3.68. The molecule has 0 saturated carbocycles. The predicted octanol–water partition coefficient (Wildman–Crippen LogP) is 1.33. The topological polar surface area (TPSA) is 79.6 Å². The molecule has 1 aromatic rings. The number of nitrogens with one attached hydrogen (secondary N) is 1. The van der Waals surface area contributed by atoms with Crippen LogP contribution in [0.5, 0.6) is 0 Å². The van der Waals surface area contributed by atoms with Gasteiger partial charge in [0.15, 0.2) is 11.2 Å². The van der Waals surface area contributed by atoms with Crippen molar-refractivity contribution in [2.45, 2.75) is 39.7 Å². The molecule has 2 amide bonds. The molecule has 2 rings (SSSR count). The van der Waals surface area contributed by atoms with E-state index in [2.05, 4.69) is 5.32 Å². The number of carbonyl (C=O) groups is 2. The molecule has 1 aromatic heterocycles. The third-order valence-corrected chi connectivity index (χ3v) is 3.68. The van der Waals surface area contributed by atoms with Gasteiger partial charge in [-0.2, -0.15) is 0 Å². The maximum atomic E-state index is 12.0. The number of aryl methyl sites for hydroxylation is 1. The van der Waals surface area contributed by atoms with Gasteiger partial charge in [-0.1, -0.05) is 0 Å². The highest BCUT2D eigenvalue weighted by Crippen LogP contribution is 2.25. The van der Waals surface area contributed by atoms with Gasteiger partial charge in [-0.3, -0.25) is 14.4 Å². The zero-order valence-electron chi connectivity index (χ0n) is 13.4. The lowest BCUT2D eigenvalue weighted by molar-refractivity contribution is -0.131. The molecule has 2 heterocycles. The van der Waals surface area contributed by atoms with Crippen LogP contribution in [0.3, 0.4) is 0 Å². The van der Waals surface area contributed by atoms with Gasteiger partial charge >= 0.3 is 0 Å². The van der Waals surface area contributed by atoms with Crippen molar-refractivity contribution in [2.75, 3.05) is 13.1 Å². The summed E-state index contributed by atoms with van der Waals surface area (Å²) < 4.78 is 5.24. The number of amides is 2. The van der Waals surface area contributed by atoms with Crippen molar-refractivity contribution in [2.24, 2.45) is 5.92 Å². The second-order valence-corrected chi connectivity index (χ2v) is 6.72. The number of nitrogens with zero attached hydrogens (tertiary/aromatic N) is 1.